The summed E-state index contributed by atoms with van der Waals surface area (Å²) in [6.07, 6.45) is 6.61. The van der Waals surface area contributed by atoms with Crippen LogP contribution >= 0.6 is 0 Å². The lowest BCUT2D eigenvalue weighted by Gasteiger charge is -2.12. The summed E-state index contributed by atoms with van der Waals surface area (Å²) in [4.78, 5) is 0. The van der Waals surface area contributed by atoms with Crippen molar-refractivity contribution in [3.05, 3.63) is 166 Å². The van der Waals surface area contributed by atoms with E-state index >= 15 is 0 Å². The predicted molar refractivity (Wildman–Crippen MR) is 164 cm³/mol. The van der Waals surface area contributed by atoms with Crippen LogP contribution in [0.5, 0.6) is 0 Å². The Bertz CT molecular complexity index is 1610. The van der Waals surface area contributed by atoms with E-state index in [1.807, 2.05) is 54.6 Å². The molecule has 0 amide bonds. The van der Waals surface area contributed by atoms with Crippen molar-refractivity contribution in [2.24, 2.45) is 0 Å². The Hall–Kier alpha value is -4.74. The number of rotatable bonds is 9. The lowest BCUT2D eigenvalue weighted by atomic mass is 9.93. The van der Waals surface area contributed by atoms with Gasteiger partial charge in [-0.3, -0.25) is 0 Å². The molecule has 0 N–H and O–H groups in total. The smallest absolute Gasteiger partial charge is 0.131 e. The summed E-state index contributed by atoms with van der Waals surface area (Å²) in [6, 6.07) is 42.7. The minimum absolute atomic E-state index is 0.227. The first-order valence-corrected chi connectivity index (χ1v) is 13.8. The summed E-state index contributed by atoms with van der Waals surface area (Å²) in [5.41, 5.74) is 9.27. The molecule has 5 aromatic carbocycles. The van der Waals surface area contributed by atoms with E-state index < -0.39 is 0 Å². The number of nitriles is 1. The van der Waals surface area contributed by atoms with Crippen LogP contribution < -0.4 is 0 Å². The maximum atomic E-state index is 15.0. The predicted octanol–water partition coefficient (Wildman–Crippen LogP) is 9.67. The monoisotopic (exact) mass is 521 g/mol. The molecule has 5 rings (SSSR count). The molecule has 196 valence electrons. The van der Waals surface area contributed by atoms with Gasteiger partial charge in [-0.05, 0) is 82.3 Å². The zero-order chi connectivity index (χ0) is 27.7. The van der Waals surface area contributed by atoms with Gasteiger partial charge in [-0.15, -0.1) is 0 Å². The topological polar surface area (TPSA) is 23.8 Å². The van der Waals surface area contributed by atoms with Crippen molar-refractivity contribution >= 4 is 12.2 Å². The maximum absolute atomic E-state index is 15.0. The highest BCUT2D eigenvalue weighted by Crippen LogP contribution is 2.26. The fraction of sp³-hybridized carbons (Fsp3) is 0.132. The number of aryl methyl sites for hydroxylation is 2. The van der Waals surface area contributed by atoms with E-state index in [0.717, 1.165) is 36.0 Å². The summed E-state index contributed by atoms with van der Waals surface area (Å²) < 4.78 is 15.0. The SMILES string of the molecule is CC(Cc1ccc(-c2ccc(/C=C/c3ccc(CCc4ccc(C#N)cc4)cc3)c(F)c2)cc1)c1ccccc1. The van der Waals surface area contributed by atoms with Crippen LogP contribution in [0.15, 0.2) is 121 Å². The molecular weight excluding hydrogens is 489 g/mol. The Morgan fingerprint density at radius 3 is 1.90 bits per heavy atom. The van der Waals surface area contributed by atoms with Crippen LogP contribution in [0.3, 0.4) is 0 Å². The Morgan fingerprint density at radius 1 is 0.675 bits per heavy atom. The van der Waals surface area contributed by atoms with Gasteiger partial charge in [-0.1, -0.05) is 122 Å². The fourth-order valence-corrected chi connectivity index (χ4v) is 4.94. The van der Waals surface area contributed by atoms with E-state index in [9.17, 15) is 4.39 Å². The standard InChI is InChI=1S/C38H32FN/c1-28(34-5-3-2-4-6-34)25-32-18-20-35(21-19-32)37-24-23-36(38(39)26-37)22-17-31-11-9-29(10-12-31)7-8-30-13-15-33(27-40)16-14-30/h2-6,9-24,26,28H,7-8,25H2,1H3/b22-17+. The number of benzene rings is 5. The van der Waals surface area contributed by atoms with Crippen molar-refractivity contribution < 1.29 is 4.39 Å². The molecule has 5 aromatic rings. The summed E-state index contributed by atoms with van der Waals surface area (Å²) in [7, 11) is 0. The Balaban J connectivity index is 1.18. The zero-order valence-corrected chi connectivity index (χ0v) is 22.7. The molecule has 2 heteroatoms. The number of halogens is 1. The highest BCUT2D eigenvalue weighted by Gasteiger charge is 2.08. The van der Waals surface area contributed by atoms with Gasteiger partial charge >= 0.3 is 0 Å². The summed E-state index contributed by atoms with van der Waals surface area (Å²) >= 11 is 0. The molecule has 0 radical (unpaired) electrons. The zero-order valence-electron chi connectivity index (χ0n) is 22.7. The molecule has 0 aliphatic carbocycles. The van der Waals surface area contributed by atoms with Crippen molar-refractivity contribution in [1.29, 1.82) is 5.26 Å². The minimum atomic E-state index is -0.227. The van der Waals surface area contributed by atoms with Crippen LogP contribution in [-0.4, -0.2) is 0 Å². The third-order valence-corrected chi connectivity index (χ3v) is 7.42. The molecule has 0 bridgehead atoms. The van der Waals surface area contributed by atoms with Crippen LogP contribution in [0, 0.1) is 17.1 Å². The molecule has 0 aromatic heterocycles. The van der Waals surface area contributed by atoms with Crippen LogP contribution in [0.2, 0.25) is 0 Å². The molecule has 40 heavy (non-hydrogen) atoms. The van der Waals surface area contributed by atoms with E-state index in [2.05, 4.69) is 85.8 Å². The highest BCUT2D eigenvalue weighted by atomic mass is 19.1. The van der Waals surface area contributed by atoms with Crippen molar-refractivity contribution in [3.63, 3.8) is 0 Å². The molecule has 0 saturated heterocycles. The van der Waals surface area contributed by atoms with Gasteiger partial charge in [0.15, 0.2) is 0 Å². The van der Waals surface area contributed by atoms with Crippen molar-refractivity contribution in [1.82, 2.24) is 0 Å². The van der Waals surface area contributed by atoms with E-state index in [0.29, 0.717) is 17.0 Å². The average molecular weight is 522 g/mol. The molecule has 0 spiro atoms. The first kappa shape index (κ1) is 26.9. The third kappa shape index (κ3) is 7.01. The second-order valence-electron chi connectivity index (χ2n) is 10.3. The van der Waals surface area contributed by atoms with Gasteiger partial charge in [0.2, 0.25) is 0 Å². The van der Waals surface area contributed by atoms with Gasteiger partial charge in [0.25, 0.3) is 0 Å². The van der Waals surface area contributed by atoms with Crippen LogP contribution in [0.1, 0.15) is 51.8 Å². The molecule has 1 unspecified atom stereocenters. The lowest BCUT2D eigenvalue weighted by molar-refractivity contribution is 0.625. The Morgan fingerprint density at radius 2 is 1.27 bits per heavy atom. The molecule has 1 atom stereocenters. The normalized spacial score (nSPS) is 11.8. The van der Waals surface area contributed by atoms with Crippen molar-refractivity contribution in [2.45, 2.75) is 32.1 Å². The van der Waals surface area contributed by atoms with E-state index in [1.165, 1.54) is 22.3 Å². The molecular formula is C38H32FN. The minimum Gasteiger partial charge on any atom is -0.206 e. The fourth-order valence-electron chi connectivity index (χ4n) is 4.94. The van der Waals surface area contributed by atoms with Crippen LogP contribution in [-0.2, 0) is 19.3 Å². The van der Waals surface area contributed by atoms with E-state index in [1.54, 1.807) is 6.07 Å². The average Bonchev–Trinajstić information content (AvgIpc) is 3.01. The van der Waals surface area contributed by atoms with E-state index in [-0.39, 0.29) is 5.82 Å². The molecule has 0 aliphatic heterocycles. The molecule has 0 fully saturated rings. The molecule has 0 saturated carbocycles. The summed E-state index contributed by atoms with van der Waals surface area (Å²) in [5, 5.41) is 8.94. The van der Waals surface area contributed by atoms with Crippen molar-refractivity contribution in [2.75, 3.05) is 0 Å². The first-order valence-electron chi connectivity index (χ1n) is 13.8. The number of nitrogens with zero attached hydrogens (tertiary/aromatic N) is 1. The molecule has 0 aliphatic rings. The van der Waals surface area contributed by atoms with Crippen LogP contribution in [0.4, 0.5) is 4.39 Å². The Labute approximate surface area is 236 Å². The van der Waals surface area contributed by atoms with Gasteiger partial charge in [-0.25, -0.2) is 4.39 Å². The van der Waals surface area contributed by atoms with Gasteiger partial charge in [0.1, 0.15) is 5.82 Å². The van der Waals surface area contributed by atoms with Crippen molar-refractivity contribution in [3.8, 4) is 17.2 Å². The van der Waals surface area contributed by atoms with Crippen LogP contribution in [0.25, 0.3) is 23.3 Å². The van der Waals surface area contributed by atoms with E-state index in [4.69, 9.17) is 5.26 Å². The summed E-state index contributed by atoms with van der Waals surface area (Å²) in [6.45, 7) is 2.25. The summed E-state index contributed by atoms with van der Waals surface area (Å²) in [5.74, 6) is 0.218. The Kier molecular flexibility index (Phi) is 8.64. The second kappa shape index (κ2) is 12.9. The maximum Gasteiger partial charge on any atom is 0.131 e. The third-order valence-electron chi connectivity index (χ3n) is 7.42. The van der Waals surface area contributed by atoms with Gasteiger partial charge in [-0.2, -0.15) is 5.26 Å². The van der Waals surface area contributed by atoms with Gasteiger partial charge < -0.3 is 0 Å². The van der Waals surface area contributed by atoms with Gasteiger partial charge in [0.05, 0.1) is 11.6 Å². The largest absolute Gasteiger partial charge is 0.206 e. The first-order chi connectivity index (χ1) is 19.6. The molecule has 1 nitrogen and oxygen atoms in total. The number of hydrogen-bond donors (Lipinski definition) is 0. The highest BCUT2D eigenvalue weighted by molar-refractivity contribution is 5.72. The second-order valence-corrected chi connectivity index (χ2v) is 10.3. The quantitative estimate of drug-likeness (QED) is 0.177. The number of hydrogen-bond acceptors (Lipinski definition) is 1. The molecule has 0 heterocycles. The lowest BCUT2D eigenvalue weighted by Crippen LogP contribution is -1.98. The van der Waals surface area contributed by atoms with Gasteiger partial charge in [0, 0.05) is 5.56 Å².